The summed E-state index contributed by atoms with van der Waals surface area (Å²) < 4.78 is 7.23. The van der Waals surface area contributed by atoms with Crippen LogP contribution in [0.15, 0.2) is 60.9 Å². The summed E-state index contributed by atoms with van der Waals surface area (Å²) in [5.74, 6) is 0.534. The van der Waals surface area contributed by atoms with E-state index in [1.165, 1.54) is 11.1 Å². The van der Waals surface area contributed by atoms with E-state index in [-0.39, 0.29) is 11.8 Å². The first kappa shape index (κ1) is 26.5. The molecule has 0 saturated carbocycles. The molecule has 7 rings (SSSR count). The normalized spacial score (nSPS) is 15.0. The minimum atomic E-state index is -0.272. The number of nitrogens with zero attached hydrogens (tertiary/aromatic N) is 6. The van der Waals surface area contributed by atoms with Crippen molar-refractivity contribution in [3.8, 4) is 11.3 Å². The van der Waals surface area contributed by atoms with Crippen LogP contribution in [0.4, 0.5) is 17.2 Å². The van der Waals surface area contributed by atoms with Gasteiger partial charge in [-0.15, -0.1) is 0 Å². The summed E-state index contributed by atoms with van der Waals surface area (Å²) in [7, 11) is 0. The van der Waals surface area contributed by atoms with Crippen LogP contribution in [0.2, 0.25) is 5.02 Å². The lowest BCUT2D eigenvalue weighted by Gasteiger charge is -2.28. The number of ether oxygens (including phenoxy) is 1. The predicted molar refractivity (Wildman–Crippen MR) is 163 cm³/mol. The van der Waals surface area contributed by atoms with Crippen molar-refractivity contribution in [2.45, 2.75) is 32.9 Å². The molecule has 3 aromatic heterocycles. The number of aromatic amines is 1. The topological polar surface area (TPSA) is 104 Å². The van der Waals surface area contributed by atoms with Gasteiger partial charge in [-0.05, 0) is 53.4 Å². The molecule has 5 heterocycles. The fourth-order valence-corrected chi connectivity index (χ4v) is 5.97. The Morgan fingerprint density at radius 2 is 1.81 bits per heavy atom. The number of hydrogen-bond donors (Lipinski definition) is 2. The molecule has 0 atom stereocenters. The number of morpholine rings is 1. The summed E-state index contributed by atoms with van der Waals surface area (Å²) in [6, 6.07) is 15.9. The first-order valence-electron chi connectivity index (χ1n) is 14.1. The SMILES string of the molecule is CC(C)c1c(C(=O)Nc2ccc(N3CCOCC3)cc2)nn2c(-c3cn[nH]c3)cc(N3Cc4ccc(Cl)cc4C3)nc12. The monoisotopic (exact) mass is 582 g/mol. The Kier molecular flexibility index (Phi) is 6.79. The van der Waals surface area contributed by atoms with Gasteiger partial charge in [-0.2, -0.15) is 10.2 Å². The molecular weight excluding hydrogens is 552 g/mol. The maximum Gasteiger partial charge on any atom is 0.276 e. The number of carbonyl (C=O) groups excluding carboxylic acids is 1. The molecule has 2 aliphatic rings. The van der Waals surface area contributed by atoms with Crippen molar-refractivity contribution in [3.05, 3.63) is 88.3 Å². The molecule has 0 aliphatic carbocycles. The molecule has 1 saturated heterocycles. The molecular formula is C31H31ClN8O2. The van der Waals surface area contributed by atoms with Crippen LogP contribution in [0, 0.1) is 0 Å². The lowest BCUT2D eigenvalue weighted by Crippen LogP contribution is -2.36. The Bertz CT molecular complexity index is 1760. The first-order valence-corrected chi connectivity index (χ1v) is 14.5. The second-order valence-corrected chi connectivity index (χ2v) is 11.4. The van der Waals surface area contributed by atoms with Crippen molar-refractivity contribution < 1.29 is 9.53 Å². The van der Waals surface area contributed by atoms with E-state index in [4.69, 9.17) is 26.4 Å². The average molecular weight is 583 g/mol. The molecule has 0 unspecified atom stereocenters. The Morgan fingerprint density at radius 3 is 2.55 bits per heavy atom. The second-order valence-electron chi connectivity index (χ2n) is 11.0. The molecule has 2 aromatic carbocycles. The number of amides is 1. The summed E-state index contributed by atoms with van der Waals surface area (Å²) in [5.41, 5.74) is 7.69. The number of aromatic nitrogens is 5. The predicted octanol–water partition coefficient (Wildman–Crippen LogP) is 5.51. The van der Waals surface area contributed by atoms with E-state index >= 15 is 0 Å². The summed E-state index contributed by atoms with van der Waals surface area (Å²) in [6.07, 6.45) is 3.58. The molecule has 1 amide bonds. The maximum absolute atomic E-state index is 13.7. The number of nitrogens with one attached hydrogen (secondary N) is 2. The molecule has 0 spiro atoms. The number of benzene rings is 2. The van der Waals surface area contributed by atoms with Gasteiger partial charge in [0.05, 0.1) is 25.1 Å². The fourth-order valence-electron chi connectivity index (χ4n) is 5.77. The van der Waals surface area contributed by atoms with Gasteiger partial charge in [0.2, 0.25) is 0 Å². The number of fused-ring (bicyclic) bond motifs is 2. The molecule has 1 fully saturated rings. The Morgan fingerprint density at radius 1 is 1.02 bits per heavy atom. The third-order valence-electron chi connectivity index (χ3n) is 7.91. The Hall–Kier alpha value is -4.41. The molecule has 42 heavy (non-hydrogen) atoms. The summed E-state index contributed by atoms with van der Waals surface area (Å²) in [5, 5.41) is 15.7. The zero-order valence-electron chi connectivity index (χ0n) is 23.5. The third-order valence-corrected chi connectivity index (χ3v) is 8.15. The number of halogens is 1. The zero-order valence-corrected chi connectivity index (χ0v) is 24.2. The van der Waals surface area contributed by atoms with Crippen LogP contribution in [0.5, 0.6) is 0 Å². The third kappa shape index (κ3) is 4.86. The van der Waals surface area contributed by atoms with Crippen molar-refractivity contribution >= 4 is 40.3 Å². The van der Waals surface area contributed by atoms with Crippen molar-refractivity contribution in [3.63, 3.8) is 0 Å². The highest BCUT2D eigenvalue weighted by molar-refractivity contribution is 6.30. The lowest BCUT2D eigenvalue weighted by molar-refractivity contribution is 0.102. The van der Waals surface area contributed by atoms with E-state index in [1.54, 1.807) is 10.7 Å². The Balaban J connectivity index is 1.25. The van der Waals surface area contributed by atoms with Gasteiger partial charge in [0.1, 0.15) is 5.82 Å². The minimum absolute atomic E-state index is 0.00137. The number of rotatable bonds is 6. The zero-order chi connectivity index (χ0) is 28.8. The van der Waals surface area contributed by atoms with Crippen LogP contribution in [0.3, 0.4) is 0 Å². The largest absolute Gasteiger partial charge is 0.378 e. The van der Waals surface area contributed by atoms with Crippen LogP contribution in [-0.2, 0) is 17.8 Å². The molecule has 11 heteroatoms. The first-order chi connectivity index (χ1) is 20.4. The maximum atomic E-state index is 13.7. The summed E-state index contributed by atoms with van der Waals surface area (Å²) in [4.78, 5) is 23.3. The quantitative estimate of drug-likeness (QED) is 0.272. The second kappa shape index (κ2) is 10.8. The van der Waals surface area contributed by atoms with E-state index in [1.807, 2.05) is 48.7 Å². The van der Waals surface area contributed by atoms with Gasteiger partial charge in [0, 0.05) is 66.0 Å². The van der Waals surface area contributed by atoms with Gasteiger partial charge in [0.15, 0.2) is 11.3 Å². The summed E-state index contributed by atoms with van der Waals surface area (Å²) >= 11 is 6.28. The van der Waals surface area contributed by atoms with Crippen LogP contribution in [0.1, 0.15) is 46.9 Å². The van der Waals surface area contributed by atoms with Gasteiger partial charge in [-0.1, -0.05) is 31.5 Å². The van der Waals surface area contributed by atoms with Crippen LogP contribution in [0.25, 0.3) is 16.9 Å². The minimum Gasteiger partial charge on any atom is -0.378 e. The van der Waals surface area contributed by atoms with Gasteiger partial charge >= 0.3 is 0 Å². The molecule has 0 bridgehead atoms. The number of H-pyrrole nitrogens is 1. The average Bonchev–Trinajstić information content (AvgIpc) is 3.76. The van der Waals surface area contributed by atoms with Crippen LogP contribution < -0.4 is 15.1 Å². The number of anilines is 3. The molecule has 2 N–H and O–H groups in total. The molecule has 10 nitrogen and oxygen atoms in total. The molecule has 0 radical (unpaired) electrons. The van der Waals surface area contributed by atoms with E-state index in [9.17, 15) is 4.79 Å². The number of hydrogen-bond acceptors (Lipinski definition) is 7. The van der Waals surface area contributed by atoms with Crippen molar-refractivity contribution in [1.82, 2.24) is 24.8 Å². The van der Waals surface area contributed by atoms with Gasteiger partial charge in [-0.25, -0.2) is 9.50 Å². The van der Waals surface area contributed by atoms with Gasteiger partial charge in [-0.3, -0.25) is 9.89 Å². The van der Waals surface area contributed by atoms with Crippen LogP contribution >= 0.6 is 11.6 Å². The molecule has 5 aromatic rings. The standard InChI is InChI=1S/C31H31ClN8O2/c1-19(2)28-29(31(41)35-24-5-7-25(8-6-24)38-9-11-42-12-10-38)37-40-26(22-15-33-34-16-22)14-27(36-30(28)40)39-17-20-3-4-23(32)13-21(20)18-39/h3-8,13-16,19H,9-12,17-18H2,1-2H3,(H,33,34)(H,35,41). The molecule has 214 valence electrons. The highest BCUT2D eigenvalue weighted by Gasteiger charge is 2.28. The summed E-state index contributed by atoms with van der Waals surface area (Å²) in [6.45, 7) is 8.70. The van der Waals surface area contributed by atoms with E-state index in [2.05, 4.69) is 45.2 Å². The smallest absolute Gasteiger partial charge is 0.276 e. The van der Waals surface area contributed by atoms with Gasteiger partial charge < -0.3 is 19.9 Å². The lowest BCUT2D eigenvalue weighted by atomic mass is 10.0. The van der Waals surface area contributed by atoms with E-state index in [0.29, 0.717) is 23.6 Å². The highest BCUT2D eigenvalue weighted by atomic mass is 35.5. The van der Waals surface area contributed by atoms with E-state index < -0.39 is 0 Å². The van der Waals surface area contributed by atoms with Gasteiger partial charge in [0.25, 0.3) is 5.91 Å². The van der Waals surface area contributed by atoms with Crippen LogP contribution in [-0.4, -0.2) is 57.0 Å². The number of carbonyl (C=O) groups is 1. The van der Waals surface area contributed by atoms with Crippen molar-refractivity contribution in [2.24, 2.45) is 0 Å². The fraction of sp³-hybridized carbons (Fsp3) is 0.290. The molecule has 2 aliphatic heterocycles. The van der Waals surface area contributed by atoms with Crippen molar-refractivity contribution in [2.75, 3.05) is 41.4 Å². The Labute approximate surface area is 248 Å². The van der Waals surface area contributed by atoms with Crippen molar-refractivity contribution in [1.29, 1.82) is 0 Å². The highest BCUT2D eigenvalue weighted by Crippen LogP contribution is 2.34. The van der Waals surface area contributed by atoms with E-state index in [0.717, 1.165) is 66.2 Å².